The second-order valence-corrected chi connectivity index (χ2v) is 22.0. The van der Waals surface area contributed by atoms with Crippen LogP contribution in [-0.4, -0.2) is 123 Å². The normalized spacial score (nSPS) is 22.9. The van der Waals surface area contributed by atoms with Crippen LogP contribution in [0.3, 0.4) is 0 Å². The van der Waals surface area contributed by atoms with Gasteiger partial charge in [-0.15, -0.1) is 0 Å². The first-order chi connectivity index (χ1) is 33.3. The fourth-order valence-electron chi connectivity index (χ4n) is 11.9. The number of nitro groups is 1. The predicted molar refractivity (Wildman–Crippen MR) is 264 cm³/mol. The lowest BCUT2D eigenvalue weighted by Gasteiger charge is -2.56. The van der Waals surface area contributed by atoms with Gasteiger partial charge in [-0.05, 0) is 105 Å². The molecule has 5 aromatic rings. The number of carbonyl (C=O) groups is 1. The molecule has 5 aliphatic heterocycles. The molecule has 6 aliphatic rings. The highest BCUT2D eigenvalue weighted by atomic mass is 32.2. The fraction of sp³-hybridized carbons (Fsp3) is 0.490. The van der Waals surface area contributed by atoms with Gasteiger partial charge in [0.15, 0.2) is 11.4 Å². The second kappa shape index (κ2) is 18.1. The number of anilines is 4. The number of H-pyrrole nitrogens is 1. The van der Waals surface area contributed by atoms with E-state index in [1.54, 1.807) is 12.3 Å². The number of aromatic amines is 1. The van der Waals surface area contributed by atoms with Gasteiger partial charge in [-0.2, -0.15) is 4.98 Å². The molecule has 11 rings (SSSR count). The molecule has 1 spiro atoms. The lowest BCUT2D eigenvalue weighted by Crippen LogP contribution is -2.55. The van der Waals surface area contributed by atoms with Gasteiger partial charge < -0.3 is 34.3 Å². The van der Waals surface area contributed by atoms with Crippen LogP contribution in [0.25, 0.3) is 11.0 Å². The Morgan fingerprint density at radius 3 is 2.58 bits per heavy atom. The van der Waals surface area contributed by atoms with E-state index < -0.39 is 31.4 Å². The first-order valence-corrected chi connectivity index (χ1v) is 26.0. The Morgan fingerprint density at radius 1 is 1.00 bits per heavy atom. The zero-order valence-electron chi connectivity index (χ0n) is 39.5. The molecule has 3 atom stereocenters. The van der Waals surface area contributed by atoms with Gasteiger partial charge in [-0.3, -0.25) is 24.7 Å². The van der Waals surface area contributed by atoms with Crippen molar-refractivity contribution in [3.05, 3.63) is 99.7 Å². The topological polar surface area (TPSA) is 188 Å². The molecule has 1 amide bonds. The number of ether oxygens (including phenoxy) is 3. The summed E-state index contributed by atoms with van der Waals surface area (Å²) in [6.07, 6.45) is 8.45. The van der Waals surface area contributed by atoms with Crippen LogP contribution >= 0.6 is 0 Å². The molecular formula is C51H61N9O8S. The summed E-state index contributed by atoms with van der Waals surface area (Å²) >= 11 is 0. The number of rotatable bonds is 11. The maximum Gasteiger partial charge on any atom is 0.297 e. The van der Waals surface area contributed by atoms with Gasteiger partial charge in [-0.1, -0.05) is 38.1 Å². The molecule has 3 saturated heterocycles. The van der Waals surface area contributed by atoms with Crippen LogP contribution < -0.4 is 29.3 Å². The van der Waals surface area contributed by atoms with E-state index in [2.05, 4.69) is 67.8 Å². The smallest absolute Gasteiger partial charge is 0.297 e. The minimum Gasteiger partial charge on any atom is -0.489 e. The molecule has 18 heteroatoms. The Bertz CT molecular complexity index is 2890. The van der Waals surface area contributed by atoms with Crippen LogP contribution in [0.5, 0.6) is 11.6 Å². The number of benzene rings is 3. The Balaban J connectivity index is 0.849. The van der Waals surface area contributed by atoms with Crippen LogP contribution in [0.4, 0.5) is 28.4 Å². The number of morpholine rings is 1. The summed E-state index contributed by atoms with van der Waals surface area (Å²) in [6.45, 7) is 13.1. The van der Waals surface area contributed by atoms with Crippen LogP contribution in [-0.2, 0) is 14.8 Å². The molecule has 1 saturated carbocycles. The molecule has 69 heavy (non-hydrogen) atoms. The number of nitro benzene ring substituents is 1. The first-order valence-electron chi connectivity index (χ1n) is 24.6. The Hall–Kier alpha value is -5.95. The molecule has 3 aromatic carbocycles. The van der Waals surface area contributed by atoms with Gasteiger partial charge in [0, 0.05) is 74.2 Å². The van der Waals surface area contributed by atoms with Crippen molar-refractivity contribution in [2.75, 3.05) is 80.8 Å². The average Bonchev–Trinajstić information content (AvgIpc) is 4.02. The van der Waals surface area contributed by atoms with E-state index in [0.29, 0.717) is 72.6 Å². The fourth-order valence-corrected chi connectivity index (χ4v) is 12.9. The molecule has 0 radical (unpaired) electrons. The lowest BCUT2D eigenvalue weighted by atomic mass is 9.59. The summed E-state index contributed by atoms with van der Waals surface area (Å²) in [7, 11) is -4.66. The van der Waals surface area contributed by atoms with Gasteiger partial charge in [0.25, 0.3) is 21.6 Å². The Morgan fingerprint density at radius 2 is 1.80 bits per heavy atom. The van der Waals surface area contributed by atoms with Crippen LogP contribution in [0, 0.1) is 15.5 Å². The summed E-state index contributed by atoms with van der Waals surface area (Å²) in [4.78, 5) is 43.2. The molecule has 0 unspecified atom stereocenters. The van der Waals surface area contributed by atoms with Gasteiger partial charge in [0.2, 0.25) is 5.88 Å². The van der Waals surface area contributed by atoms with E-state index in [4.69, 9.17) is 19.2 Å². The van der Waals surface area contributed by atoms with Gasteiger partial charge in [-0.25, -0.2) is 13.1 Å². The summed E-state index contributed by atoms with van der Waals surface area (Å²) in [6, 6.07) is 21.4. The second-order valence-electron chi connectivity index (χ2n) is 20.3. The number of hydrogen-bond donors (Lipinski definition) is 3. The highest BCUT2D eigenvalue weighted by Crippen LogP contribution is 2.54. The number of nitrogens with one attached hydrogen (secondary N) is 3. The minimum absolute atomic E-state index is 0.0242. The maximum absolute atomic E-state index is 14.5. The Labute approximate surface area is 402 Å². The summed E-state index contributed by atoms with van der Waals surface area (Å²) in [5.41, 5.74) is 5.74. The van der Waals surface area contributed by atoms with Crippen molar-refractivity contribution in [3.8, 4) is 11.6 Å². The number of hydrogen-bond acceptors (Lipinski definition) is 14. The van der Waals surface area contributed by atoms with Crippen molar-refractivity contribution in [1.29, 1.82) is 0 Å². The number of carbonyl (C=O) groups excluding carboxylic acids is 1. The zero-order valence-corrected chi connectivity index (χ0v) is 40.3. The number of piperidine rings is 1. The summed E-state index contributed by atoms with van der Waals surface area (Å²) in [5.74, 6) is 0.0244. The summed E-state index contributed by atoms with van der Waals surface area (Å²) < 4.78 is 48.3. The largest absolute Gasteiger partial charge is 0.489 e. The number of pyridine rings is 1. The molecule has 2 aromatic heterocycles. The lowest BCUT2D eigenvalue weighted by molar-refractivity contribution is -0.384. The molecule has 4 fully saturated rings. The molecular weight excluding hydrogens is 899 g/mol. The number of nitrogens with zero attached hydrogens (tertiary/aromatic N) is 6. The molecule has 17 nitrogen and oxygen atoms in total. The van der Waals surface area contributed by atoms with Crippen molar-refractivity contribution in [2.45, 2.75) is 94.3 Å². The van der Waals surface area contributed by atoms with E-state index >= 15 is 0 Å². The molecule has 3 N–H and O–H groups in total. The standard InChI is InChI=1S/C51H61N9O8S/c1-32(2)39-7-4-5-8-40(39)42-9-6-16-58(42)37-27-51(28-37)13-17-57(18-14-51)36-10-11-41(43(24-36)59-29-33(3)68-50-45(59)23-34-12-15-52-48(34)54-50)49(61)55-69(64,65)38-25-44(60(62)63)47-46(26-38)67-31-35(53-47)30-56-19-21-66-22-20-56/h4-5,7-8,10-12,15,23-26,32-33,35,37,42,53H,6,9,13-14,16-22,27-31H2,1-3H3,(H,52,54)(H,55,61)/t33-,35+,42+/m1/s1. The van der Waals surface area contributed by atoms with Crippen molar-refractivity contribution in [2.24, 2.45) is 5.41 Å². The number of fused-ring (bicyclic) bond motifs is 3. The van der Waals surface area contributed by atoms with E-state index in [0.717, 1.165) is 62.7 Å². The number of aromatic nitrogens is 2. The first kappa shape index (κ1) is 45.5. The number of amides is 1. The third kappa shape index (κ3) is 8.73. The minimum atomic E-state index is -4.66. The van der Waals surface area contributed by atoms with Gasteiger partial charge >= 0.3 is 0 Å². The van der Waals surface area contributed by atoms with Gasteiger partial charge in [0.1, 0.15) is 24.0 Å². The monoisotopic (exact) mass is 959 g/mol. The highest BCUT2D eigenvalue weighted by Gasteiger charge is 2.50. The van der Waals surface area contributed by atoms with Crippen molar-refractivity contribution in [1.82, 2.24) is 24.5 Å². The third-order valence-electron chi connectivity index (χ3n) is 15.5. The van der Waals surface area contributed by atoms with E-state index in [1.165, 1.54) is 42.9 Å². The third-order valence-corrected chi connectivity index (χ3v) is 16.8. The SMILES string of the molecule is CC(C)c1ccccc1[C@@H]1CCCN1C1CC2(CCN(c3ccc(C(=O)NS(=O)(=O)c4cc5c(c([N+](=O)[O-])c4)N[C@@H](CN4CCOCC4)CO5)c(N4C[C@@H](C)Oc5nc6[nH]ccc6cc54)c3)CC2)C1. The summed E-state index contributed by atoms with van der Waals surface area (Å²) in [5, 5.41) is 16.5. The van der Waals surface area contributed by atoms with Crippen LogP contribution in [0.15, 0.2) is 77.8 Å². The van der Waals surface area contributed by atoms with Crippen LogP contribution in [0.2, 0.25) is 0 Å². The van der Waals surface area contributed by atoms with Crippen molar-refractivity contribution >= 4 is 55.4 Å². The molecule has 364 valence electrons. The van der Waals surface area contributed by atoms with Crippen molar-refractivity contribution in [3.63, 3.8) is 0 Å². The van der Waals surface area contributed by atoms with E-state index in [1.807, 2.05) is 36.1 Å². The quantitative estimate of drug-likeness (QED) is 0.0862. The van der Waals surface area contributed by atoms with E-state index in [9.17, 15) is 23.3 Å². The molecule has 0 bridgehead atoms. The zero-order chi connectivity index (χ0) is 47.6. The average molecular weight is 960 g/mol. The number of likely N-dealkylation sites (tertiary alicyclic amines) is 1. The number of sulfonamides is 1. The van der Waals surface area contributed by atoms with Crippen molar-refractivity contribution < 1.29 is 32.3 Å². The highest BCUT2D eigenvalue weighted by molar-refractivity contribution is 7.90. The van der Waals surface area contributed by atoms with Crippen LogP contribution in [0.1, 0.15) is 92.7 Å². The maximum atomic E-state index is 14.5. The molecule has 7 heterocycles. The predicted octanol–water partition coefficient (Wildman–Crippen LogP) is 7.72. The molecule has 1 aliphatic carbocycles. The van der Waals surface area contributed by atoms with E-state index in [-0.39, 0.29) is 35.8 Å². The van der Waals surface area contributed by atoms with Gasteiger partial charge in [0.05, 0.1) is 46.9 Å². The Kier molecular flexibility index (Phi) is 11.9.